The molecule has 4 aromatic carbocycles. The van der Waals surface area contributed by atoms with Crippen molar-refractivity contribution in [2.75, 3.05) is 16.8 Å². The van der Waals surface area contributed by atoms with Crippen molar-refractivity contribution in [3.63, 3.8) is 0 Å². The zero-order valence-corrected chi connectivity index (χ0v) is 19.2. The van der Waals surface area contributed by atoms with E-state index in [9.17, 15) is 4.79 Å². The number of carbonyl (C=O) groups excluding carboxylic acids is 1. The van der Waals surface area contributed by atoms with Gasteiger partial charge in [-0.2, -0.15) is 0 Å². The molecule has 0 aromatic heterocycles. The van der Waals surface area contributed by atoms with Gasteiger partial charge in [-0.15, -0.1) is 0 Å². The van der Waals surface area contributed by atoms with E-state index in [1.165, 1.54) is 0 Å². The molecule has 0 saturated heterocycles. The van der Waals surface area contributed by atoms with Gasteiger partial charge in [-0.25, -0.2) is 0 Å². The minimum atomic E-state index is -0.240. The number of benzene rings is 4. The largest absolute Gasteiger partial charge is 0.457 e. The number of nitrogens with one attached hydrogen (secondary N) is 1. The van der Waals surface area contributed by atoms with Crippen LogP contribution in [-0.4, -0.2) is 5.91 Å². The van der Waals surface area contributed by atoms with Gasteiger partial charge < -0.3 is 31.0 Å². The summed E-state index contributed by atoms with van der Waals surface area (Å²) in [6.07, 6.45) is 0. The summed E-state index contributed by atoms with van der Waals surface area (Å²) in [5.74, 6) is 3.10. The number of rotatable bonds is 8. The fourth-order valence-electron chi connectivity index (χ4n) is 3.05. The Morgan fingerprint density at radius 3 is 1.31 bits per heavy atom. The Hall–Kier alpha value is -4.91. The summed E-state index contributed by atoms with van der Waals surface area (Å²) in [5.41, 5.74) is 13.9. The molecule has 0 bridgehead atoms. The number of hydrogen-bond acceptors (Lipinski definition) is 6. The summed E-state index contributed by atoms with van der Waals surface area (Å²) in [6, 6.07) is 26.4. The van der Waals surface area contributed by atoms with Crippen LogP contribution < -0.4 is 31.0 Å². The molecule has 35 heavy (non-hydrogen) atoms. The Kier molecular flexibility index (Phi) is 6.88. The lowest BCUT2D eigenvalue weighted by Crippen LogP contribution is -2.11. The molecule has 0 aliphatic heterocycles. The molecule has 0 radical (unpaired) electrons. The first kappa shape index (κ1) is 23.3. The summed E-state index contributed by atoms with van der Waals surface area (Å²) in [7, 11) is 0. The number of anilines is 3. The molecule has 1 amide bonds. The number of ether oxygens (including phenoxy) is 3. The lowest BCUT2D eigenvalue weighted by Gasteiger charge is -2.13. The van der Waals surface area contributed by atoms with E-state index in [2.05, 4.69) is 11.9 Å². The quantitative estimate of drug-likeness (QED) is 0.195. The van der Waals surface area contributed by atoms with E-state index in [-0.39, 0.29) is 5.91 Å². The molecule has 4 aromatic rings. The van der Waals surface area contributed by atoms with Gasteiger partial charge >= 0.3 is 0 Å². The summed E-state index contributed by atoms with van der Waals surface area (Å²) in [6.45, 7) is 5.29. The van der Waals surface area contributed by atoms with E-state index in [1.54, 1.807) is 97.9 Å². The second-order valence-electron chi connectivity index (χ2n) is 7.84. The third-order valence-corrected chi connectivity index (χ3v) is 4.82. The van der Waals surface area contributed by atoms with Crippen LogP contribution in [0.25, 0.3) is 0 Å². The van der Waals surface area contributed by atoms with Crippen LogP contribution in [0.4, 0.5) is 17.1 Å². The van der Waals surface area contributed by atoms with Crippen molar-refractivity contribution in [1.29, 1.82) is 0 Å². The summed E-state index contributed by atoms with van der Waals surface area (Å²) < 4.78 is 18.1. The summed E-state index contributed by atoms with van der Waals surface area (Å²) in [5, 5.41) is 2.76. The molecular weight excluding hydrogens is 442 g/mol. The van der Waals surface area contributed by atoms with Gasteiger partial charge in [0, 0.05) is 40.8 Å². The standard InChI is InChI=1S/C28H25N3O4/c1-18(2)28(32)31-21-7-13-24(14-8-21)35-27-16-25(33-22-9-3-19(29)4-10-22)15-26(17-27)34-23-11-5-20(30)6-12-23/h3-17H,1,29-30H2,2H3,(H,31,32). The van der Waals surface area contributed by atoms with Gasteiger partial charge in [0.05, 0.1) is 0 Å². The highest BCUT2D eigenvalue weighted by Crippen LogP contribution is 2.36. The highest BCUT2D eigenvalue weighted by Gasteiger charge is 2.09. The van der Waals surface area contributed by atoms with Crippen molar-refractivity contribution >= 4 is 23.0 Å². The first-order valence-electron chi connectivity index (χ1n) is 10.8. The maximum atomic E-state index is 11.8. The first-order valence-corrected chi connectivity index (χ1v) is 10.8. The molecule has 4 rings (SSSR count). The molecule has 0 heterocycles. The van der Waals surface area contributed by atoms with Crippen LogP contribution in [0.15, 0.2) is 103 Å². The van der Waals surface area contributed by atoms with E-state index in [1.807, 2.05) is 0 Å². The van der Waals surface area contributed by atoms with E-state index in [0.29, 0.717) is 57.1 Å². The number of nitrogen functional groups attached to an aromatic ring is 2. The summed E-state index contributed by atoms with van der Waals surface area (Å²) in [4.78, 5) is 11.8. The van der Waals surface area contributed by atoms with Crippen LogP contribution >= 0.6 is 0 Å². The molecule has 7 nitrogen and oxygen atoms in total. The zero-order valence-electron chi connectivity index (χ0n) is 19.2. The Balaban J connectivity index is 1.57. The van der Waals surface area contributed by atoms with E-state index in [0.717, 1.165) is 0 Å². The van der Waals surface area contributed by atoms with Crippen molar-refractivity contribution in [3.8, 4) is 34.5 Å². The zero-order chi connectivity index (χ0) is 24.8. The highest BCUT2D eigenvalue weighted by atomic mass is 16.5. The van der Waals surface area contributed by atoms with Gasteiger partial charge in [0.25, 0.3) is 5.91 Å². The van der Waals surface area contributed by atoms with Crippen molar-refractivity contribution in [2.45, 2.75) is 6.92 Å². The third-order valence-electron chi connectivity index (χ3n) is 4.82. The molecule has 7 heteroatoms. The van der Waals surface area contributed by atoms with Gasteiger partial charge in [-0.05, 0) is 79.7 Å². The smallest absolute Gasteiger partial charge is 0.250 e. The lowest BCUT2D eigenvalue weighted by molar-refractivity contribution is -0.112. The number of hydrogen-bond donors (Lipinski definition) is 3. The Morgan fingerprint density at radius 1 is 0.629 bits per heavy atom. The Morgan fingerprint density at radius 2 is 0.971 bits per heavy atom. The minimum Gasteiger partial charge on any atom is -0.457 e. The Labute approximate surface area is 203 Å². The average Bonchev–Trinajstić information content (AvgIpc) is 2.83. The maximum Gasteiger partial charge on any atom is 0.250 e. The van der Waals surface area contributed by atoms with Crippen LogP contribution in [0.2, 0.25) is 0 Å². The van der Waals surface area contributed by atoms with Crippen molar-refractivity contribution in [3.05, 3.63) is 103 Å². The van der Waals surface area contributed by atoms with E-state index >= 15 is 0 Å². The lowest BCUT2D eigenvalue weighted by atomic mass is 10.2. The Bertz CT molecular complexity index is 1270. The van der Waals surface area contributed by atoms with Crippen LogP contribution in [0.1, 0.15) is 6.92 Å². The molecule has 0 saturated carbocycles. The monoisotopic (exact) mass is 467 g/mol. The van der Waals surface area contributed by atoms with Gasteiger partial charge in [-0.1, -0.05) is 6.58 Å². The van der Waals surface area contributed by atoms with Crippen LogP contribution in [-0.2, 0) is 4.79 Å². The van der Waals surface area contributed by atoms with Crippen molar-refractivity contribution in [1.82, 2.24) is 0 Å². The first-order chi connectivity index (χ1) is 16.8. The van der Waals surface area contributed by atoms with Gasteiger partial charge in [0.2, 0.25) is 0 Å². The predicted molar refractivity (Wildman–Crippen MR) is 138 cm³/mol. The number of amides is 1. The summed E-state index contributed by atoms with van der Waals surface area (Å²) >= 11 is 0. The van der Waals surface area contributed by atoms with E-state index < -0.39 is 0 Å². The molecule has 0 unspecified atom stereocenters. The van der Waals surface area contributed by atoms with Gasteiger partial charge in [0.1, 0.15) is 34.5 Å². The normalized spacial score (nSPS) is 10.3. The van der Waals surface area contributed by atoms with Crippen LogP contribution in [0.3, 0.4) is 0 Å². The molecule has 0 aliphatic carbocycles. The van der Waals surface area contributed by atoms with Crippen molar-refractivity contribution < 1.29 is 19.0 Å². The number of carbonyl (C=O) groups is 1. The van der Waals surface area contributed by atoms with Crippen LogP contribution in [0, 0.1) is 0 Å². The molecule has 0 aliphatic rings. The minimum absolute atomic E-state index is 0.240. The molecule has 5 N–H and O–H groups in total. The molecule has 0 spiro atoms. The SMILES string of the molecule is C=C(C)C(=O)Nc1ccc(Oc2cc(Oc3ccc(N)cc3)cc(Oc3ccc(N)cc3)c2)cc1. The fraction of sp³-hybridized carbons (Fsp3) is 0.0357. The second kappa shape index (κ2) is 10.4. The van der Waals surface area contributed by atoms with E-state index in [4.69, 9.17) is 25.7 Å². The van der Waals surface area contributed by atoms with Gasteiger partial charge in [0.15, 0.2) is 0 Å². The topological polar surface area (TPSA) is 109 Å². The molecular formula is C28H25N3O4. The highest BCUT2D eigenvalue weighted by molar-refractivity contribution is 6.02. The van der Waals surface area contributed by atoms with Gasteiger partial charge in [-0.3, -0.25) is 4.79 Å². The molecule has 0 fully saturated rings. The predicted octanol–water partition coefficient (Wildman–Crippen LogP) is 6.74. The maximum absolute atomic E-state index is 11.8. The second-order valence-corrected chi connectivity index (χ2v) is 7.84. The number of nitrogens with two attached hydrogens (primary N) is 2. The molecule has 176 valence electrons. The van der Waals surface area contributed by atoms with Crippen molar-refractivity contribution in [2.24, 2.45) is 0 Å². The van der Waals surface area contributed by atoms with Crippen LogP contribution in [0.5, 0.6) is 34.5 Å². The average molecular weight is 468 g/mol. The molecule has 0 atom stereocenters. The fourth-order valence-corrected chi connectivity index (χ4v) is 3.05. The third kappa shape index (κ3) is 6.55.